The average Bonchev–Trinajstić information content (AvgIpc) is 2.24. The lowest BCUT2D eigenvalue weighted by Gasteiger charge is -2.22. The summed E-state index contributed by atoms with van der Waals surface area (Å²) in [5.41, 5.74) is 0. The summed E-state index contributed by atoms with van der Waals surface area (Å²) in [7, 11) is -1.18. The molecule has 0 aliphatic carbocycles. The topological polar surface area (TPSA) is 61.8 Å². The maximum Gasteiger partial charge on any atom is 0.450 e. The molecular weight excluding hydrogens is 336 g/mol. The number of rotatable bonds is 8. The van der Waals surface area contributed by atoms with Crippen molar-refractivity contribution in [2.75, 3.05) is 0 Å². The van der Waals surface area contributed by atoms with Gasteiger partial charge in [0.2, 0.25) is 5.78 Å². The van der Waals surface area contributed by atoms with Crippen molar-refractivity contribution in [3.05, 3.63) is 0 Å². The van der Waals surface area contributed by atoms with Gasteiger partial charge < -0.3 is 13.6 Å². The van der Waals surface area contributed by atoms with Crippen molar-refractivity contribution in [2.24, 2.45) is 0 Å². The first-order valence-corrected chi connectivity index (χ1v) is 8.25. The zero-order valence-corrected chi connectivity index (χ0v) is 15.5. The molecule has 5 nitrogen and oxygen atoms in total. The number of carbonyl (C=O) groups is 2. The van der Waals surface area contributed by atoms with E-state index in [-0.39, 0.29) is 18.3 Å². The van der Waals surface area contributed by atoms with Crippen LogP contribution in [0.15, 0.2) is 0 Å². The second-order valence-electron chi connectivity index (χ2n) is 5.49. The summed E-state index contributed by atoms with van der Waals surface area (Å²) in [6.45, 7) is 12.8. The standard InChI is InChI=1S/C9H21O3P.C5H5F3O2/c1-7(2)10-13(11-8(3)4)12-9(5)6;1-3(9)2-4(10)5(6,7)8/h7-9H,1-6H3;2H2,1H3. The van der Waals surface area contributed by atoms with Crippen molar-refractivity contribution in [3.8, 4) is 0 Å². The van der Waals surface area contributed by atoms with Gasteiger partial charge in [0.1, 0.15) is 5.78 Å². The van der Waals surface area contributed by atoms with Crippen LogP contribution in [0.3, 0.4) is 0 Å². The molecule has 0 aliphatic heterocycles. The molecule has 0 heterocycles. The molecule has 0 rings (SSSR count). The minimum atomic E-state index is -4.87. The van der Waals surface area contributed by atoms with Crippen LogP contribution in [0.2, 0.25) is 0 Å². The highest BCUT2D eigenvalue weighted by Gasteiger charge is 2.38. The number of ketones is 2. The van der Waals surface area contributed by atoms with E-state index in [2.05, 4.69) is 0 Å². The van der Waals surface area contributed by atoms with Crippen LogP contribution in [0.1, 0.15) is 54.9 Å². The van der Waals surface area contributed by atoms with Gasteiger partial charge in [-0.25, -0.2) is 0 Å². The van der Waals surface area contributed by atoms with Crippen LogP contribution < -0.4 is 0 Å². The normalized spacial score (nSPS) is 11.9. The van der Waals surface area contributed by atoms with Gasteiger partial charge in [-0.2, -0.15) is 13.2 Å². The highest BCUT2D eigenvalue weighted by Crippen LogP contribution is 2.43. The predicted octanol–water partition coefficient (Wildman–Crippen LogP) is 4.59. The summed E-state index contributed by atoms with van der Waals surface area (Å²) in [6.07, 6.45) is -5.49. The molecule has 0 spiro atoms. The highest BCUT2D eigenvalue weighted by molar-refractivity contribution is 7.41. The second kappa shape index (κ2) is 11.9. The number of hydrogen-bond donors (Lipinski definition) is 0. The van der Waals surface area contributed by atoms with Crippen LogP contribution in [-0.4, -0.2) is 36.1 Å². The lowest BCUT2D eigenvalue weighted by molar-refractivity contribution is -0.171. The van der Waals surface area contributed by atoms with E-state index in [0.717, 1.165) is 6.92 Å². The first-order chi connectivity index (χ1) is 10.3. The van der Waals surface area contributed by atoms with Crippen LogP contribution in [0.25, 0.3) is 0 Å². The van der Waals surface area contributed by atoms with Crippen molar-refractivity contribution in [2.45, 2.75) is 79.4 Å². The summed E-state index contributed by atoms with van der Waals surface area (Å²) in [5, 5.41) is 0. The Morgan fingerprint density at radius 3 is 1.30 bits per heavy atom. The Hall–Kier alpha value is -0.560. The maximum absolute atomic E-state index is 11.3. The molecule has 0 aromatic carbocycles. The molecule has 0 aromatic rings. The quantitative estimate of drug-likeness (QED) is 0.467. The molecule has 0 aromatic heterocycles. The van der Waals surface area contributed by atoms with E-state index >= 15 is 0 Å². The summed E-state index contributed by atoms with van der Waals surface area (Å²) in [6, 6.07) is 0. The average molecular weight is 362 g/mol. The summed E-state index contributed by atoms with van der Waals surface area (Å²) < 4.78 is 50.4. The van der Waals surface area contributed by atoms with Gasteiger partial charge in [0.25, 0.3) is 0 Å². The summed E-state index contributed by atoms with van der Waals surface area (Å²) >= 11 is 0. The monoisotopic (exact) mass is 362 g/mol. The van der Waals surface area contributed by atoms with Crippen LogP contribution in [0.5, 0.6) is 0 Å². The van der Waals surface area contributed by atoms with Gasteiger partial charge in [-0.1, -0.05) is 0 Å². The van der Waals surface area contributed by atoms with Gasteiger partial charge in [0, 0.05) is 0 Å². The van der Waals surface area contributed by atoms with Crippen molar-refractivity contribution in [1.82, 2.24) is 0 Å². The molecule has 0 N–H and O–H groups in total. The van der Waals surface area contributed by atoms with Crippen molar-refractivity contribution >= 4 is 20.2 Å². The molecule has 9 heteroatoms. The first-order valence-electron chi connectivity index (χ1n) is 7.15. The van der Waals surface area contributed by atoms with Crippen molar-refractivity contribution in [3.63, 3.8) is 0 Å². The number of halogens is 3. The van der Waals surface area contributed by atoms with E-state index in [1.807, 2.05) is 41.5 Å². The predicted molar refractivity (Wildman–Crippen MR) is 81.9 cm³/mol. The van der Waals surface area contributed by atoms with E-state index in [0.29, 0.717) is 0 Å². The minimum Gasteiger partial charge on any atom is -0.309 e. The number of Topliss-reactive ketones (excluding diaryl/α,β-unsaturated/α-hetero) is 2. The molecule has 0 saturated carbocycles. The van der Waals surface area contributed by atoms with Crippen LogP contribution in [-0.2, 0) is 23.2 Å². The third kappa shape index (κ3) is 17.6. The smallest absolute Gasteiger partial charge is 0.309 e. The van der Waals surface area contributed by atoms with Gasteiger partial charge in [0.05, 0.1) is 24.7 Å². The Morgan fingerprint density at radius 1 is 0.870 bits per heavy atom. The fraction of sp³-hybridized carbons (Fsp3) is 0.857. The molecule has 0 unspecified atom stereocenters. The first kappa shape index (κ1) is 24.7. The SMILES string of the molecule is CC(=O)CC(=O)C(F)(F)F.CC(C)OP(OC(C)C)OC(C)C. The Bertz CT molecular complexity index is 333. The third-order valence-corrected chi connectivity index (χ3v) is 3.40. The van der Waals surface area contributed by atoms with Crippen LogP contribution in [0, 0.1) is 0 Å². The number of hydrogen-bond acceptors (Lipinski definition) is 5. The molecule has 0 saturated heterocycles. The molecule has 0 atom stereocenters. The molecular formula is C14H26F3O5P. The number of carbonyl (C=O) groups excluding carboxylic acids is 2. The molecule has 0 aliphatic rings. The Kier molecular flexibility index (Phi) is 12.8. The van der Waals surface area contributed by atoms with Crippen molar-refractivity contribution in [1.29, 1.82) is 0 Å². The third-order valence-electron chi connectivity index (χ3n) is 1.62. The largest absolute Gasteiger partial charge is 0.450 e. The van der Waals surface area contributed by atoms with Crippen LogP contribution in [0.4, 0.5) is 13.2 Å². The van der Waals surface area contributed by atoms with Gasteiger partial charge in [-0.05, 0) is 48.5 Å². The van der Waals surface area contributed by atoms with E-state index in [1.165, 1.54) is 0 Å². The fourth-order valence-electron chi connectivity index (χ4n) is 0.917. The molecule has 0 fully saturated rings. The Morgan fingerprint density at radius 2 is 1.17 bits per heavy atom. The lowest BCUT2D eigenvalue weighted by atomic mass is 10.2. The second-order valence-corrected chi connectivity index (χ2v) is 6.57. The molecule has 0 radical (unpaired) electrons. The Balaban J connectivity index is 0. The molecule has 138 valence electrons. The fourth-order valence-corrected chi connectivity index (χ4v) is 2.10. The van der Waals surface area contributed by atoms with E-state index in [1.54, 1.807) is 0 Å². The zero-order valence-electron chi connectivity index (χ0n) is 14.6. The summed E-state index contributed by atoms with van der Waals surface area (Å²) in [5.74, 6) is -2.76. The molecule has 23 heavy (non-hydrogen) atoms. The van der Waals surface area contributed by atoms with Crippen molar-refractivity contribution < 1.29 is 36.3 Å². The highest BCUT2D eigenvalue weighted by atomic mass is 31.2. The van der Waals surface area contributed by atoms with E-state index in [9.17, 15) is 22.8 Å². The zero-order chi connectivity index (χ0) is 18.8. The van der Waals surface area contributed by atoms with Crippen LogP contribution >= 0.6 is 8.60 Å². The lowest BCUT2D eigenvalue weighted by Crippen LogP contribution is -2.24. The summed E-state index contributed by atoms with van der Waals surface area (Å²) in [4.78, 5) is 19.9. The minimum absolute atomic E-state index is 0.142. The molecule has 0 bridgehead atoms. The maximum atomic E-state index is 11.3. The van der Waals surface area contributed by atoms with Gasteiger partial charge in [-0.3, -0.25) is 9.59 Å². The van der Waals surface area contributed by atoms with Gasteiger partial charge >= 0.3 is 14.8 Å². The van der Waals surface area contributed by atoms with Gasteiger partial charge in [-0.15, -0.1) is 0 Å². The Labute approximate surface area is 136 Å². The molecule has 0 amide bonds. The van der Waals surface area contributed by atoms with E-state index in [4.69, 9.17) is 13.6 Å². The van der Waals surface area contributed by atoms with E-state index < -0.39 is 32.8 Å². The van der Waals surface area contributed by atoms with Gasteiger partial charge in [0.15, 0.2) is 0 Å². The number of alkyl halides is 3.